The minimum Gasteiger partial charge on any atom is -0.335 e. The average molecular weight is 280 g/mol. The number of imidazole rings is 1. The number of aromatic nitrogens is 2. The summed E-state index contributed by atoms with van der Waals surface area (Å²) in [6.45, 7) is 2.92. The molecule has 0 saturated carbocycles. The van der Waals surface area contributed by atoms with Gasteiger partial charge in [0.05, 0.1) is 6.04 Å². The van der Waals surface area contributed by atoms with Crippen LogP contribution in [-0.2, 0) is 13.0 Å². The van der Waals surface area contributed by atoms with Crippen LogP contribution in [0.1, 0.15) is 30.8 Å². The van der Waals surface area contributed by atoms with E-state index in [0.29, 0.717) is 12.0 Å². The van der Waals surface area contributed by atoms with E-state index >= 15 is 0 Å². The van der Waals surface area contributed by atoms with E-state index in [1.54, 1.807) is 6.20 Å². The van der Waals surface area contributed by atoms with Crippen molar-refractivity contribution in [1.29, 1.82) is 0 Å². The van der Waals surface area contributed by atoms with Crippen molar-refractivity contribution in [3.05, 3.63) is 53.6 Å². The maximum Gasteiger partial charge on any atom is 0.130 e. The van der Waals surface area contributed by atoms with Gasteiger partial charge in [0, 0.05) is 37.0 Å². The lowest BCUT2D eigenvalue weighted by Crippen LogP contribution is -2.31. The molecule has 2 rings (SSSR count). The molecule has 1 aromatic carbocycles. The molecule has 3 N–H and O–H groups in total. The largest absolute Gasteiger partial charge is 0.335 e. The van der Waals surface area contributed by atoms with Crippen LogP contribution in [0, 0.1) is 11.6 Å². The smallest absolute Gasteiger partial charge is 0.130 e. The lowest BCUT2D eigenvalue weighted by molar-refractivity contribution is 0.484. The summed E-state index contributed by atoms with van der Waals surface area (Å²) < 4.78 is 28.8. The monoisotopic (exact) mass is 280 g/mol. The van der Waals surface area contributed by atoms with Gasteiger partial charge in [0.2, 0.25) is 0 Å². The van der Waals surface area contributed by atoms with Gasteiger partial charge < -0.3 is 4.57 Å². The Morgan fingerprint density at radius 1 is 1.40 bits per heavy atom. The minimum atomic E-state index is -0.610. The molecule has 1 atom stereocenters. The van der Waals surface area contributed by atoms with Crippen LogP contribution in [0.3, 0.4) is 0 Å². The Kier molecular flexibility index (Phi) is 4.81. The highest BCUT2D eigenvalue weighted by molar-refractivity contribution is 5.23. The van der Waals surface area contributed by atoms with E-state index in [0.717, 1.165) is 24.9 Å². The first-order valence-corrected chi connectivity index (χ1v) is 6.56. The SMILES string of the molecule is CCCn1ccnc1CC(NN)c1ccc(F)cc1F. The molecule has 6 heteroatoms. The van der Waals surface area contributed by atoms with Gasteiger partial charge in [-0.3, -0.25) is 11.3 Å². The van der Waals surface area contributed by atoms with Gasteiger partial charge in [-0.15, -0.1) is 0 Å². The Morgan fingerprint density at radius 3 is 2.85 bits per heavy atom. The lowest BCUT2D eigenvalue weighted by Gasteiger charge is -2.17. The van der Waals surface area contributed by atoms with Crippen molar-refractivity contribution in [2.24, 2.45) is 5.84 Å². The molecule has 0 spiro atoms. The summed E-state index contributed by atoms with van der Waals surface area (Å²) in [4.78, 5) is 4.27. The predicted molar refractivity (Wildman–Crippen MR) is 72.6 cm³/mol. The second kappa shape index (κ2) is 6.58. The topological polar surface area (TPSA) is 55.9 Å². The van der Waals surface area contributed by atoms with Crippen LogP contribution >= 0.6 is 0 Å². The molecule has 1 unspecified atom stereocenters. The zero-order valence-electron chi connectivity index (χ0n) is 11.3. The van der Waals surface area contributed by atoms with Gasteiger partial charge in [0.25, 0.3) is 0 Å². The first-order valence-electron chi connectivity index (χ1n) is 6.56. The number of aryl methyl sites for hydroxylation is 1. The molecular weight excluding hydrogens is 262 g/mol. The van der Waals surface area contributed by atoms with E-state index in [1.165, 1.54) is 12.1 Å². The van der Waals surface area contributed by atoms with Crippen molar-refractivity contribution < 1.29 is 8.78 Å². The number of hydrazine groups is 1. The quantitative estimate of drug-likeness (QED) is 0.630. The zero-order chi connectivity index (χ0) is 14.5. The maximum absolute atomic E-state index is 13.8. The van der Waals surface area contributed by atoms with Gasteiger partial charge in [-0.2, -0.15) is 0 Å². The highest BCUT2D eigenvalue weighted by Gasteiger charge is 2.18. The molecule has 20 heavy (non-hydrogen) atoms. The highest BCUT2D eigenvalue weighted by atomic mass is 19.1. The third kappa shape index (κ3) is 3.20. The van der Waals surface area contributed by atoms with Crippen LogP contribution in [-0.4, -0.2) is 9.55 Å². The summed E-state index contributed by atoms with van der Waals surface area (Å²) in [6, 6.07) is 3.04. The Balaban J connectivity index is 2.22. The van der Waals surface area contributed by atoms with Crippen molar-refractivity contribution in [2.75, 3.05) is 0 Å². The number of halogens is 2. The van der Waals surface area contributed by atoms with E-state index in [9.17, 15) is 8.78 Å². The fourth-order valence-corrected chi connectivity index (χ4v) is 2.20. The summed E-state index contributed by atoms with van der Waals surface area (Å²) in [5, 5.41) is 0. The fourth-order valence-electron chi connectivity index (χ4n) is 2.20. The first kappa shape index (κ1) is 14.6. The minimum absolute atomic E-state index is 0.333. The Hall–Kier alpha value is -1.79. The summed E-state index contributed by atoms with van der Waals surface area (Å²) in [5.74, 6) is 5.11. The van der Waals surface area contributed by atoms with Crippen LogP contribution in [0.2, 0.25) is 0 Å². The fraction of sp³-hybridized carbons (Fsp3) is 0.357. The summed E-state index contributed by atoms with van der Waals surface area (Å²) in [7, 11) is 0. The molecule has 0 aliphatic carbocycles. The molecule has 0 amide bonds. The molecule has 0 aliphatic rings. The Morgan fingerprint density at radius 2 is 2.20 bits per heavy atom. The van der Waals surface area contributed by atoms with Crippen molar-refractivity contribution in [1.82, 2.24) is 15.0 Å². The van der Waals surface area contributed by atoms with Crippen molar-refractivity contribution in [2.45, 2.75) is 32.4 Å². The van der Waals surface area contributed by atoms with Gasteiger partial charge in [-0.1, -0.05) is 13.0 Å². The van der Waals surface area contributed by atoms with Gasteiger partial charge in [0.1, 0.15) is 17.5 Å². The molecule has 2 aromatic rings. The number of hydrogen-bond acceptors (Lipinski definition) is 3. The second-order valence-electron chi connectivity index (χ2n) is 4.63. The first-order chi connectivity index (χ1) is 9.65. The van der Waals surface area contributed by atoms with E-state index in [-0.39, 0.29) is 0 Å². The number of nitrogens with zero attached hydrogens (tertiary/aromatic N) is 2. The molecule has 1 aromatic heterocycles. The lowest BCUT2D eigenvalue weighted by atomic mass is 10.0. The van der Waals surface area contributed by atoms with Crippen LogP contribution in [0.15, 0.2) is 30.6 Å². The third-order valence-electron chi connectivity index (χ3n) is 3.19. The summed E-state index contributed by atoms with van der Waals surface area (Å²) in [5.41, 5.74) is 2.90. The van der Waals surface area contributed by atoms with Crippen LogP contribution in [0.4, 0.5) is 8.78 Å². The van der Waals surface area contributed by atoms with E-state index < -0.39 is 17.7 Å². The van der Waals surface area contributed by atoms with Gasteiger partial charge in [-0.05, 0) is 12.5 Å². The molecule has 1 heterocycles. The molecular formula is C14H18F2N4. The van der Waals surface area contributed by atoms with Crippen LogP contribution in [0.25, 0.3) is 0 Å². The van der Waals surface area contributed by atoms with E-state index in [4.69, 9.17) is 5.84 Å². The predicted octanol–water partition coefficient (Wildman–Crippen LogP) is 2.32. The number of rotatable bonds is 6. The molecule has 0 saturated heterocycles. The number of benzene rings is 1. The molecule has 0 bridgehead atoms. The maximum atomic E-state index is 13.8. The van der Waals surface area contributed by atoms with Crippen LogP contribution < -0.4 is 11.3 Å². The number of nitrogens with two attached hydrogens (primary N) is 1. The molecule has 0 fully saturated rings. The van der Waals surface area contributed by atoms with E-state index in [2.05, 4.69) is 17.3 Å². The van der Waals surface area contributed by atoms with Crippen LogP contribution in [0.5, 0.6) is 0 Å². The van der Waals surface area contributed by atoms with E-state index in [1.807, 2.05) is 10.8 Å². The molecule has 0 radical (unpaired) electrons. The third-order valence-corrected chi connectivity index (χ3v) is 3.19. The molecule has 4 nitrogen and oxygen atoms in total. The van der Waals surface area contributed by atoms with Crippen molar-refractivity contribution in [3.8, 4) is 0 Å². The Labute approximate surface area is 116 Å². The highest BCUT2D eigenvalue weighted by Crippen LogP contribution is 2.21. The second-order valence-corrected chi connectivity index (χ2v) is 4.63. The summed E-state index contributed by atoms with van der Waals surface area (Å²) >= 11 is 0. The summed E-state index contributed by atoms with van der Waals surface area (Å²) in [6.07, 6.45) is 5.01. The standard InChI is InChI=1S/C14H18F2N4/c1-2-6-20-7-5-18-14(20)9-13(19-17)11-4-3-10(15)8-12(11)16/h3-5,7-8,13,19H,2,6,9,17H2,1H3. The average Bonchev–Trinajstić information content (AvgIpc) is 2.84. The van der Waals surface area contributed by atoms with Crippen molar-refractivity contribution in [3.63, 3.8) is 0 Å². The zero-order valence-corrected chi connectivity index (χ0v) is 11.3. The normalized spacial score (nSPS) is 12.6. The van der Waals surface area contributed by atoms with Gasteiger partial charge >= 0.3 is 0 Å². The number of nitrogens with one attached hydrogen (secondary N) is 1. The molecule has 0 aliphatic heterocycles. The van der Waals surface area contributed by atoms with Crippen molar-refractivity contribution >= 4 is 0 Å². The van der Waals surface area contributed by atoms with Gasteiger partial charge in [-0.25, -0.2) is 13.8 Å². The number of hydrogen-bond donors (Lipinski definition) is 2. The Bertz CT molecular complexity index is 568. The van der Waals surface area contributed by atoms with Gasteiger partial charge in [0.15, 0.2) is 0 Å². The molecule has 108 valence electrons.